The molecule has 18 heavy (non-hydrogen) atoms. The molecule has 2 rings (SSSR count). The van der Waals surface area contributed by atoms with Gasteiger partial charge in [0, 0.05) is 38.8 Å². The molecule has 2 fully saturated rings. The van der Waals surface area contributed by atoms with E-state index >= 15 is 0 Å². The Hall–Kier alpha value is -0.880. The molecular weight excluding hydrogens is 250 g/mol. The molecule has 0 aliphatic carbocycles. The van der Waals surface area contributed by atoms with Gasteiger partial charge in [-0.15, -0.1) is 0 Å². The smallest absolute Gasteiger partial charge is 0.310 e. The van der Waals surface area contributed by atoms with Crippen molar-refractivity contribution < 1.29 is 9.90 Å². The number of carbonyl (C=O) groups is 1. The zero-order valence-electron chi connectivity index (χ0n) is 11.0. The van der Waals surface area contributed by atoms with Gasteiger partial charge in [0.1, 0.15) is 0 Å². The fraction of sp³-hybridized carbons (Fsp3) is 0.833. The van der Waals surface area contributed by atoms with E-state index in [0.717, 1.165) is 37.7 Å². The van der Waals surface area contributed by atoms with Crippen LogP contribution in [0.15, 0.2) is 0 Å². The van der Waals surface area contributed by atoms with Crippen molar-refractivity contribution in [2.75, 3.05) is 32.7 Å². The topological polar surface area (TPSA) is 55.8 Å². The normalized spacial score (nSPS) is 25.0. The van der Waals surface area contributed by atoms with E-state index in [-0.39, 0.29) is 0 Å². The lowest BCUT2D eigenvalue weighted by Crippen LogP contribution is -2.62. The van der Waals surface area contributed by atoms with Crippen molar-refractivity contribution in [2.24, 2.45) is 5.41 Å². The number of fused-ring (bicyclic) bond motifs is 1. The lowest BCUT2D eigenvalue weighted by atomic mass is 9.92. The van der Waals surface area contributed by atoms with Crippen molar-refractivity contribution in [3.63, 3.8) is 0 Å². The second kappa shape index (κ2) is 5.01. The van der Waals surface area contributed by atoms with Crippen LogP contribution in [-0.2, 0) is 4.79 Å². The molecular formula is C12H21N3O2S. The highest BCUT2D eigenvalue weighted by Crippen LogP contribution is 2.23. The monoisotopic (exact) mass is 271 g/mol. The number of piperazine rings is 1. The van der Waals surface area contributed by atoms with Crippen LogP contribution in [-0.4, -0.2) is 64.8 Å². The maximum atomic E-state index is 11.2. The maximum absolute atomic E-state index is 11.2. The van der Waals surface area contributed by atoms with Gasteiger partial charge >= 0.3 is 5.97 Å². The number of rotatable bonds is 3. The second-order valence-electron chi connectivity index (χ2n) is 5.73. The Morgan fingerprint density at radius 2 is 2.28 bits per heavy atom. The highest BCUT2D eigenvalue weighted by Gasteiger charge is 2.36. The van der Waals surface area contributed by atoms with Crippen molar-refractivity contribution in [1.82, 2.24) is 15.1 Å². The lowest BCUT2D eigenvalue weighted by molar-refractivity contribution is -0.147. The SMILES string of the molecule is CC(C)(CN1CC[C@H]2CNCCN2C1=S)C(=O)O. The van der Waals surface area contributed by atoms with E-state index in [4.69, 9.17) is 12.2 Å². The van der Waals surface area contributed by atoms with Crippen LogP contribution in [0.3, 0.4) is 0 Å². The molecule has 0 unspecified atom stereocenters. The molecule has 2 aliphatic heterocycles. The first kappa shape index (κ1) is 13.5. The molecule has 102 valence electrons. The summed E-state index contributed by atoms with van der Waals surface area (Å²) in [4.78, 5) is 15.5. The van der Waals surface area contributed by atoms with Crippen molar-refractivity contribution >= 4 is 23.3 Å². The van der Waals surface area contributed by atoms with Gasteiger partial charge in [-0.05, 0) is 32.5 Å². The van der Waals surface area contributed by atoms with E-state index in [1.54, 1.807) is 13.8 Å². The molecule has 0 radical (unpaired) electrons. The van der Waals surface area contributed by atoms with Gasteiger partial charge in [-0.25, -0.2) is 0 Å². The molecule has 0 bridgehead atoms. The summed E-state index contributed by atoms with van der Waals surface area (Å²) in [6, 6.07) is 0.482. The number of aliphatic carboxylic acids is 1. The molecule has 1 atom stereocenters. The van der Waals surface area contributed by atoms with E-state index in [2.05, 4.69) is 10.2 Å². The van der Waals surface area contributed by atoms with Gasteiger partial charge in [-0.3, -0.25) is 4.79 Å². The van der Waals surface area contributed by atoms with Crippen LogP contribution in [0.5, 0.6) is 0 Å². The maximum Gasteiger partial charge on any atom is 0.310 e. The number of carboxylic acid groups (broad SMARTS) is 1. The van der Waals surface area contributed by atoms with Gasteiger partial charge in [-0.2, -0.15) is 0 Å². The lowest BCUT2D eigenvalue weighted by Gasteiger charge is -2.47. The summed E-state index contributed by atoms with van der Waals surface area (Å²) in [7, 11) is 0. The van der Waals surface area contributed by atoms with Crippen molar-refractivity contribution in [3.05, 3.63) is 0 Å². The van der Waals surface area contributed by atoms with Crippen LogP contribution in [0.25, 0.3) is 0 Å². The molecule has 0 aromatic rings. The minimum absolute atomic E-state index is 0.482. The van der Waals surface area contributed by atoms with Gasteiger partial charge in [-0.1, -0.05) is 0 Å². The van der Waals surface area contributed by atoms with Gasteiger partial charge < -0.3 is 20.2 Å². The van der Waals surface area contributed by atoms with E-state index in [0.29, 0.717) is 12.6 Å². The first-order valence-corrected chi connectivity index (χ1v) is 6.82. The number of nitrogens with one attached hydrogen (secondary N) is 1. The number of nitrogens with zero attached hydrogens (tertiary/aromatic N) is 2. The van der Waals surface area contributed by atoms with Gasteiger partial charge in [0.05, 0.1) is 5.41 Å². The quantitative estimate of drug-likeness (QED) is 0.723. The predicted octanol–water partition coefficient (Wildman–Crippen LogP) is 0.362. The van der Waals surface area contributed by atoms with Crippen LogP contribution in [0.1, 0.15) is 20.3 Å². The second-order valence-corrected chi connectivity index (χ2v) is 6.10. The Bertz CT molecular complexity index is 359. The summed E-state index contributed by atoms with van der Waals surface area (Å²) < 4.78 is 0. The van der Waals surface area contributed by atoms with Crippen LogP contribution >= 0.6 is 12.2 Å². The molecule has 6 heteroatoms. The third-order valence-corrected chi connectivity index (χ3v) is 4.26. The molecule has 0 aromatic carbocycles. The summed E-state index contributed by atoms with van der Waals surface area (Å²) in [5, 5.41) is 13.4. The summed E-state index contributed by atoms with van der Waals surface area (Å²) in [6.07, 6.45) is 1.04. The van der Waals surface area contributed by atoms with Crippen molar-refractivity contribution in [1.29, 1.82) is 0 Å². The molecule has 5 nitrogen and oxygen atoms in total. The first-order chi connectivity index (χ1) is 8.42. The average Bonchev–Trinajstić information content (AvgIpc) is 2.33. The van der Waals surface area contributed by atoms with E-state index < -0.39 is 11.4 Å². The van der Waals surface area contributed by atoms with Crippen molar-refractivity contribution in [2.45, 2.75) is 26.3 Å². The number of carboxylic acids is 1. The first-order valence-electron chi connectivity index (χ1n) is 6.41. The standard InChI is InChI=1S/C12H21N3O2S/c1-12(2,10(16)17)8-14-5-3-9-7-13-4-6-15(9)11(14)18/h9,13H,3-8H2,1-2H3,(H,16,17)/t9-/m0/s1. The largest absolute Gasteiger partial charge is 0.481 e. The fourth-order valence-electron chi connectivity index (χ4n) is 2.54. The molecule has 2 N–H and O–H groups in total. The van der Waals surface area contributed by atoms with E-state index in [9.17, 15) is 9.90 Å². The van der Waals surface area contributed by atoms with Crippen LogP contribution < -0.4 is 5.32 Å². The van der Waals surface area contributed by atoms with Crippen LogP contribution in [0.2, 0.25) is 0 Å². The molecule has 0 amide bonds. The minimum Gasteiger partial charge on any atom is -0.481 e. The van der Waals surface area contributed by atoms with Crippen LogP contribution in [0.4, 0.5) is 0 Å². The predicted molar refractivity (Wildman–Crippen MR) is 73.6 cm³/mol. The zero-order valence-corrected chi connectivity index (χ0v) is 11.8. The Labute approximate surface area is 113 Å². The molecule has 0 aromatic heterocycles. The third kappa shape index (κ3) is 2.59. The Kier molecular flexibility index (Phi) is 3.77. The molecule has 2 saturated heterocycles. The summed E-state index contributed by atoms with van der Waals surface area (Å²) in [5.74, 6) is -0.771. The molecule has 2 aliphatic rings. The van der Waals surface area contributed by atoms with Gasteiger partial charge in [0.15, 0.2) is 5.11 Å². The summed E-state index contributed by atoms with van der Waals surface area (Å²) in [5.41, 5.74) is -0.759. The van der Waals surface area contributed by atoms with Crippen molar-refractivity contribution in [3.8, 4) is 0 Å². The minimum atomic E-state index is -0.771. The zero-order chi connectivity index (χ0) is 13.3. The van der Waals surface area contributed by atoms with Crippen LogP contribution in [0, 0.1) is 5.41 Å². The fourth-order valence-corrected chi connectivity index (χ4v) is 2.94. The van der Waals surface area contributed by atoms with Gasteiger partial charge in [0.25, 0.3) is 0 Å². The summed E-state index contributed by atoms with van der Waals surface area (Å²) in [6.45, 7) is 7.70. The Morgan fingerprint density at radius 1 is 1.56 bits per heavy atom. The number of hydrogen-bond donors (Lipinski definition) is 2. The number of thiocarbonyl (C=S) groups is 1. The van der Waals surface area contributed by atoms with E-state index in [1.807, 2.05) is 4.90 Å². The number of hydrogen-bond acceptors (Lipinski definition) is 3. The molecule has 0 saturated carbocycles. The molecule has 2 heterocycles. The van der Waals surface area contributed by atoms with E-state index in [1.165, 1.54) is 0 Å². The average molecular weight is 271 g/mol. The van der Waals surface area contributed by atoms with Gasteiger partial charge in [0.2, 0.25) is 0 Å². The third-order valence-electron chi connectivity index (χ3n) is 3.76. The summed E-state index contributed by atoms with van der Waals surface area (Å²) >= 11 is 5.51. The highest BCUT2D eigenvalue weighted by molar-refractivity contribution is 7.80. The Morgan fingerprint density at radius 3 is 2.94 bits per heavy atom. The Balaban J connectivity index is 2.03. The molecule has 0 spiro atoms. The highest BCUT2D eigenvalue weighted by atomic mass is 32.1.